The Morgan fingerprint density at radius 2 is 2.18 bits per heavy atom. The second-order valence-corrected chi connectivity index (χ2v) is 5.13. The molecule has 2 N–H and O–H groups in total. The summed E-state index contributed by atoms with van der Waals surface area (Å²) in [6.07, 6.45) is 2.57. The molecule has 0 aliphatic rings. The average molecular weight is 296 g/mol. The van der Waals surface area contributed by atoms with Gasteiger partial charge in [0.15, 0.2) is 5.69 Å². The molecule has 6 nitrogen and oxygen atoms in total. The molecule has 0 saturated carbocycles. The maximum atomic E-state index is 12.3. The van der Waals surface area contributed by atoms with Crippen molar-refractivity contribution in [2.75, 3.05) is 5.32 Å². The highest BCUT2D eigenvalue weighted by molar-refractivity contribution is 6.03. The van der Waals surface area contributed by atoms with Crippen molar-refractivity contribution < 1.29 is 4.79 Å². The van der Waals surface area contributed by atoms with E-state index in [0.717, 1.165) is 12.0 Å². The molecule has 1 aromatic carbocycles. The van der Waals surface area contributed by atoms with Crippen molar-refractivity contribution in [2.24, 2.45) is 0 Å². The molecule has 0 aliphatic heterocycles. The van der Waals surface area contributed by atoms with Gasteiger partial charge in [-0.1, -0.05) is 19.1 Å². The fourth-order valence-electron chi connectivity index (χ4n) is 2.30. The lowest BCUT2D eigenvalue weighted by Crippen LogP contribution is -2.13. The van der Waals surface area contributed by atoms with Crippen LogP contribution < -0.4 is 10.9 Å². The first kappa shape index (κ1) is 14.1. The van der Waals surface area contributed by atoms with Crippen LogP contribution in [0.5, 0.6) is 0 Å². The van der Waals surface area contributed by atoms with Crippen LogP contribution in [-0.4, -0.2) is 20.5 Å². The van der Waals surface area contributed by atoms with E-state index in [1.165, 1.54) is 10.6 Å². The zero-order valence-corrected chi connectivity index (χ0v) is 12.4. The Morgan fingerprint density at radius 1 is 1.36 bits per heavy atom. The molecule has 0 atom stereocenters. The van der Waals surface area contributed by atoms with E-state index in [9.17, 15) is 9.59 Å². The molecular weight excluding hydrogens is 280 g/mol. The molecule has 3 rings (SSSR count). The molecule has 22 heavy (non-hydrogen) atoms. The van der Waals surface area contributed by atoms with E-state index in [1.807, 2.05) is 24.3 Å². The van der Waals surface area contributed by atoms with Gasteiger partial charge in [0, 0.05) is 23.6 Å². The summed E-state index contributed by atoms with van der Waals surface area (Å²) in [6, 6.07) is 9.13. The number of hydrogen-bond acceptors (Lipinski definition) is 3. The van der Waals surface area contributed by atoms with Gasteiger partial charge < -0.3 is 10.3 Å². The minimum Gasteiger partial charge on any atom is -0.323 e. The van der Waals surface area contributed by atoms with E-state index in [1.54, 1.807) is 13.1 Å². The molecule has 0 bridgehead atoms. The van der Waals surface area contributed by atoms with E-state index in [-0.39, 0.29) is 17.2 Å². The highest BCUT2D eigenvalue weighted by Gasteiger charge is 2.13. The third-order valence-electron chi connectivity index (χ3n) is 3.42. The summed E-state index contributed by atoms with van der Waals surface area (Å²) in [5.74, 6) is -0.339. The van der Waals surface area contributed by atoms with Crippen molar-refractivity contribution in [2.45, 2.75) is 20.3 Å². The predicted octanol–water partition coefficient (Wildman–Crippen LogP) is 2.15. The smallest absolute Gasteiger partial charge is 0.276 e. The lowest BCUT2D eigenvalue weighted by Gasteiger charge is -2.04. The number of rotatable bonds is 3. The molecule has 3 aromatic rings. The normalized spacial score (nSPS) is 10.8. The van der Waals surface area contributed by atoms with Crippen LogP contribution >= 0.6 is 0 Å². The number of fused-ring (bicyclic) bond motifs is 1. The Labute approximate surface area is 126 Å². The summed E-state index contributed by atoms with van der Waals surface area (Å²) in [5, 5.41) is 6.96. The van der Waals surface area contributed by atoms with Crippen molar-refractivity contribution in [1.29, 1.82) is 0 Å². The highest BCUT2D eigenvalue weighted by Crippen LogP contribution is 2.13. The van der Waals surface area contributed by atoms with Gasteiger partial charge in [0.05, 0.1) is 0 Å². The number of nitrogens with zero attached hydrogens (tertiary/aromatic N) is 2. The number of carbonyl (C=O) groups excluding carboxylic acids is 1. The molecule has 0 unspecified atom stereocenters. The molecule has 0 spiro atoms. The van der Waals surface area contributed by atoms with Gasteiger partial charge in [0.1, 0.15) is 5.52 Å². The van der Waals surface area contributed by atoms with Gasteiger partial charge in [-0.05, 0) is 31.0 Å². The molecular formula is C16H16N4O2. The van der Waals surface area contributed by atoms with Crippen molar-refractivity contribution in [3.8, 4) is 0 Å². The first-order valence-electron chi connectivity index (χ1n) is 7.06. The number of hydrogen-bond donors (Lipinski definition) is 2. The Kier molecular flexibility index (Phi) is 3.50. The molecule has 2 heterocycles. The van der Waals surface area contributed by atoms with Crippen LogP contribution in [0.4, 0.5) is 5.69 Å². The van der Waals surface area contributed by atoms with Crippen molar-refractivity contribution in [3.05, 3.63) is 63.8 Å². The Bertz CT molecular complexity index is 908. The van der Waals surface area contributed by atoms with Gasteiger partial charge >= 0.3 is 0 Å². The number of H-pyrrole nitrogens is 1. The standard InChI is InChI=1S/C16H16N4O2/c1-3-11-5-4-6-12(7-11)18-15(21)13-8-14-16(22)17-10(2)9-20(14)19-13/h4-9H,3H2,1-2H3,(H,17,22)(H,18,21). The number of aromatic nitrogens is 3. The van der Waals surface area contributed by atoms with Crippen LogP contribution in [0.25, 0.3) is 5.52 Å². The first-order chi connectivity index (χ1) is 10.6. The number of carbonyl (C=O) groups is 1. The van der Waals surface area contributed by atoms with E-state index in [2.05, 4.69) is 22.3 Å². The second kappa shape index (κ2) is 5.48. The summed E-state index contributed by atoms with van der Waals surface area (Å²) < 4.78 is 1.42. The van der Waals surface area contributed by atoms with Crippen LogP contribution in [0.3, 0.4) is 0 Å². The minimum atomic E-state index is -0.339. The fourth-order valence-corrected chi connectivity index (χ4v) is 2.30. The number of aryl methyl sites for hydroxylation is 2. The van der Waals surface area contributed by atoms with E-state index >= 15 is 0 Å². The molecule has 0 radical (unpaired) electrons. The number of aromatic amines is 1. The SMILES string of the molecule is CCc1cccc(NC(=O)c2cc3c(=O)[nH]c(C)cn3n2)c1. The summed E-state index contributed by atoms with van der Waals surface area (Å²) in [5.41, 5.74) is 2.82. The molecule has 1 amide bonds. The van der Waals surface area contributed by atoms with Crippen LogP contribution in [0.15, 0.2) is 41.3 Å². The maximum absolute atomic E-state index is 12.3. The monoisotopic (exact) mass is 296 g/mol. The van der Waals surface area contributed by atoms with Gasteiger partial charge in [-0.3, -0.25) is 9.59 Å². The molecule has 2 aromatic heterocycles. The van der Waals surface area contributed by atoms with Gasteiger partial charge in [0.2, 0.25) is 0 Å². The molecule has 0 fully saturated rings. The van der Waals surface area contributed by atoms with Gasteiger partial charge in [-0.25, -0.2) is 4.52 Å². The average Bonchev–Trinajstić information content (AvgIpc) is 2.92. The summed E-state index contributed by atoms with van der Waals surface area (Å²) >= 11 is 0. The Hall–Kier alpha value is -2.89. The maximum Gasteiger partial charge on any atom is 0.276 e. The molecule has 6 heteroatoms. The lowest BCUT2D eigenvalue weighted by atomic mass is 10.1. The van der Waals surface area contributed by atoms with Crippen molar-refractivity contribution in [3.63, 3.8) is 0 Å². The zero-order valence-electron chi connectivity index (χ0n) is 12.4. The molecule has 112 valence electrons. The Balaban J connectivity index is 1.92. The van der Waals surface area contributed by atoms with Crippen molar-refractivity contribution in [1.82, 2.24) is 14.6 Å². The lowest BCUT2D eigenvalue weighted by molar-refractivity contribution is 0.102. The van der Waals surface area contributed by atoms with Crippen LogP contribution in [-0.2, 0) is 6.42 Å². The number of amides is 1. The zero-order chi connectivity index (χ0) is 15.7. The third kappa shape index (κ3) is 2.63. The summed E-state index contributed by atoms with van der Waals surface area (Å²) in [6.45, 7) is 3.82. The fraction of sp³-hybridized carbons (Fsp3) is 0.188. The number of nitrogens with one attached hydrogen (secondary N) is 2. The van der Waals surface area contributed by atoms with Crippen molar-refractivity contribution >= 4 is 17.1 Å². The summed E-state index contributed by atoms with van der Waals surface area (Å²) in [4.78, 5) is 26.8. The van der Waals surface area contributed by atoms with Gasteiger partial charge in [0.25, 0.3) is 11.5 Å². The number of anilines is 1. The number of benzene rings is 1. The molecule has 0 aliphatic carbocycles. The van der Waals surface area contributed by atoms with E-state index in [4.69, 9.17) is 0 Å². The summed E-state index contributed by atoms with van der Waals surface area (Å²) in [7, 11) is 0. The predicted molar refractivity (Wildman–Crippen MR) is 84.3 cm³/mol. The van der Waals surface area contributed by atoms with Gasteiger partial charge in [-0.2, -0.15) is 5.10 Å². The quantitative estimate of drug-likeness (QED) is 0.777. The van der Waals surface area contributed by atoms with E-state index in [0.29, 0.717) is 16.9 Å². The topological polar surface area (TPSA) is 79.3 Å². The van der Waals surface area contributed by atoms with E-state index < -0.39 is 0 Å². The Morgan fingerprint density at radius 3 is 2.95 bits per heavy atom. The molecule has 0 saturated heterocycles. The van der Waals surface area contributed by atoms with Crippen LogP contribution in [0.1, 0.15) is 28.7 Å². The van der Waals surface area contributed by atoms with Crippen LogP contribution in [0.2, 0.25) is 0 Å². The third-order valence-corrected chi connectivity index (χ3v) is 3.42. The second-order valence-electron chi connectivity index (χ2n) is 5.13. The minimum absolute atomic E-state index is 0.206. The first-order valence-corrected chi connectivity index (χ1v) is 7.06. The van der Waals surface area contributed by atoms with Crippen LogP contribution in [0, 0.1) is 6.92 Å². The van der Waals surface area contributed by atoms with Gasteiger partial charge in [-0.15, -0.1) is 0 Å². The highest BCUT2D eigenvalue weighted by atomic mass is 16.2. The largest absolute Gasteiger partial charge is 0.323 e.